The van der Waals surface area contributed by atoms with Crippen LogP contribution in [0.2, 0.25) is 0 Å². The molecule has 2 rings (SSSR count). The summed E-state index contributed by atoms with van der Waals surface area (Å²) in [6, 6.07) is 0.165. The topological polar surface area (TPSA) is 59.6 Å². The van der Waals surface area contributed by atoms with Crippen LogP contribution in [0.5, 0.6) is 0 Å². The average molecular weight is 242 g/mol. The predicted octanol–water partition coefficient (Wildman–Crippen LogP) is 0.888. The second kappa shape index (κ2) is 4.82. The van der Waals surface area contributed by atoms with E-state index in [2.05, 4.69) is 10.6 Å². The monoisotopic (exact) mass is 242 g/mol. The van der Waals surface area contributed by atoms with Crippen LogP contribution in [-0.2, 0) is 9.47 Å². The van der Waals surface area contributed by atoms with E-state index in [1.165, 1.54) is 0 Å². The van der Waals surface area contributed by atoms with Gasteiger partial charge in [0.25, 0.3) is 0 Å². The molecule has 0 saturated carbocycles. The Labute approximate surface area is 102 Å². The molecule has 2 N–H and O–H groups in total. The number of carbonyl (C=O) groups excluding carboxylic acids is 1. The third-order valence-corrected chi connectivity index (χ3v) is 3.18. The quantitative estimate of drug-likeness (QED) is 0.717. The zero-order chi connectivity index (χ0) is 12.5. The third-order valence-electron chi connectivity index (χ3n) is 3.18. The average Bonchev–Trinajstić information content (AvgIpc) is 2.63. The summed E-state index contributed by atoms with van der Waals surface area (Å²) in [4.78, 5) is 11.7. The largest absolute Gasteiger partial charge is 0.444 e. The maximum Gasteiger partial charge on any atom is 0.407 e. The van der Waals surface area contributed by atoms with E-state index in [1.54, 1.807) is 0 Å². The molecule has 0 unspecified atom stereocenters. The van der Waals surface area contributed by atoms with Gasteiger partial charge in [-0.3, -0.25) is 0 Å². The molecular formula is C12H22N2O3. The first-order chi connectivity index (χ1) is 7.96. The number of hydrogen-bond donors (Lipinski definition) is 2. The van der Waals surface area contributed by atoms with Crippen LogP contribution in [0.3, 0.4) is 0 Å². The SMILES string of the molecule is CC(C)(C)OC(=O)N[C@H]1CCO[C@H]2CNC[C@@H]12. The summed E-state index contributed by atoms with van der Waals surface area (Å²) in [6.07, 6.45) is 0.779. The van der Waals surface area contributed by atoms with Crippen LogP contribution in [0, 0.1) is 5.92 Å². The van der Waals surface area contributed by atoms with Gasteiger partial charge in [0.15, 0.2) is 0 Å². The second-order valence-electron chi connectivity index (χ2n) is 5.77. The molecule has 5 nitrogen and oxygen atoms in total. The number of nitrogens with one attached hydrogen (secondary N) is 2. The van der Waals surface area contributed by atoms with Gasteiger partial charge in [0.05, 0.1) is 6.10 Å². The predicted molar refractivity (Wildman–Crippen MR) is 63.9 cm³/mol. The fourth-order valence-electron chi connectivity index (χ4n) is 2.46. The van der Waals surface area contributed by atoms with Gasteiger partial charge in [0.2, 0.25) is 0 Å². The van der Waals surface area contributed by atoms with Gasteiger partial charge >= 0.3 is 6.09 Å². The summed E-state index contributed by atoms with van der Waals surface area (Å²) in [7, 11) is 0. The lowest BCUT2D eigenvalue weighted by Crippen LogP contribution is -2.50. The van der Waals surface area contributed by atoms with E-state index in [0.29, 0.717) is 12.5 Å². The number of hydrogen-bond acceptors (Lipinski definition) is 4. The first kappa shape index (κ1) is 12.6. The maximum absolute atomic E-state index is 11.7. The van der Waals surface area contributed by atoms with Gasteiger partial charge in [-0.1, -0.05) is 0 Å². The first-order valence-corrected chi connectivity index (χ1v) is 6.27. The molecule has 0 aromatic rings. The molecule has 0 aromatic heterocycles. The van der Waals surface area contributed by atoms with Crippen molar-refractivity contribution in [1.29, 1.82) is 0 Å². The molecule has 2 aliphatic rings. The van der Waals surface area contributed by atoms with Crippen LogP contribution in [0.15, 0.2) is 0 Å². The molecule has 17 heavy (non-hydrogen) atoms. The van der Waals surface area contributed by atoms with Gasteiger partial charge in [-0.25, -0.2) is 4.79 Å². The molecule has 5 heteroatoms. The number of fused-ring (bicyclic) bond motifs is 1. The molecule has 2 aliphatic heterocycles. The van der Waals surface area contributed by atoms with E-state index in [9.17, 15) is 4.79 Å². The molecule has 2 heterocycles. The van der Waals surface area contributed by atoms with Crippen molar-refractivity contribution in [2.45, 2.75) is 44.9 Å². The Morgan fingerprint density at radius 2 is 2.18 bits per heavy atom. The van der Waals surface area contributed by atoms with Crippen LogP contribution in [0.25, 0.3) is 0 Å². The Hall–Kier alpha value is -0.810. The minimum Gasteiger partial charge on any atom is -0.444 e. The number of rotatable bonds is 1. The van der Waals surface area contributed by atoms with Gasteiger partial charge < -0.3 is 20.1 Å². The van der Waals surface area contributed by atoms with E-state index in [1.807, 2.05) is 20.8 Å². The Bertz CT molecular complexity index is 288. The van der Waals surface area contributed by atoms with Gasteiger partial charge in [-0.05, 0) is 27.2 Å². The van der Waals surface area contributed by atoms with Crippen LogP contribution < -0.4 is 10.6 Å². The van der Waals surface area contributed by atoms with E-state index < -0.39 is 5.60 Å². The van der Waals surface area contributed by atoms with Crippen LogP contribution in [0.4, 0.5) is 4.79 Å². The second-order valence-corrected chi connectivity index (χ2v) is 5.77. The van der Waals surface area contributed by atoms with Crippen LogP contribution >= 0.6 is 0 Å². The molecule has 3 atom stereocenters. The number of ether oxygens (including phenoxy) is 2. The van der Waals surface area contributed by atoms with Crippen molar-refractivity contribution in [1.82, 2.24) is 10.6 Å². The summed E-state index contributed by atoms with van der Waals surface area (Å²) in [5, 5.41) is 6.26. The summed E-state index contributed by atoms with van der Waals surface area (Å²) in [5.74, 6) is 0.372. The van der Waals surface area contributed by atoms with Crippen molar-refractivity contribution in [2.24, 2.45) is 5.92 Å². The maximum atomic E-state index is 11.7. The molecule has 0 radical (unpaired) electrons. The van der Waals surface area contributed by atoms with Crippen molar-refractivity contribution < 1.29 is 14.3 Å². The van der Waals surface area contributed by atoms with E-state index in [4.69, 9.17) is 9.47 Å². The highest BCUT2D eigenvalue weighted by Gasteiger charge is 2.38. The van der Waals surface area contributed by atoms with Crippen molar-refractivity contribution in [3.05, 3.63) is 0 Å². The Morgan fingerprint density at radius 1 is 1.41 bits per heavy atom. The zero-order valence-electron chi connectivity index (χ0n) is 10.8. The number of amides is 1. The van der Waals surface area contributed by atoms with Crippen LogP contribution in [-0.4, -0.2) is 43.5 Å². The summed E-state index contributed by atoms with van der Waals surface area (Å²) < 4.78 is 10.9. The minimum atomic E-state index is -0.442. The Morgan fingerprint density at radius 3 is 2.88 bits per heavy atom. The molecule has 2 saturated heterocycles. The molecule has 0 bridgehead atoms. The van der Waals surface area contributed by atoms with Crippen molar-refractivity contribution >= 4 is 6.09 Å². The molecule has 0 aliphatic carbocycles. The highest BCUT2D eigenvalue weighted by molar-refractivity contribution is 5.68. The molecule has 1 amide bonds. The lowest BCUT2D eigenvalue weighted by atomic mass is 9.92. The lowest BCUT2D eigenvalue weighted by Gasteiger charge is -2.34. The normalized spacial score (nSPS) is 33.0. The Balaban J connectivity index is 1.87. The first-order valence-electron chi connectivity index (χ1n) is 6.27. The summed E-state index contributed by atoms with van der Waals surface area (Å²) in [5.41, 5.74) is -0.442. The summed E-state index contributed by atoms with van der Waals surface area (Å²) >= 11 is 0. The highest BCUT2D eigenvalue weighted by atomic mass is 16.6. The fourth-order valence-corrected chi connectivity index (χ4v) is 2.46. The number of alkyl carbamates (subject to hydrolysis) is 1. The van der Waals surface area contributed by atoms with Gasteiger partial charge in [-0.15, -0.1) is 0 Å². The standard InChI is InChI=1S/C12H22N2O3/c1-12(2,3)17-11(15)14-9-4-5-16-10-7-13-6-8(9)10/h8-10,13H,4-7H2,1-3H3,(H,14,15)/t8-,9-,10-/m0/s1. The zero-order valence-corrected chi connectivity index (χ0v) is 10.8. The highest BCUT2D eigenvalue weighted by Crippen LogP contribution is 2.24. The molecule has 0 spiro atoms. The number of carbonyl (C=O) groups is 1. The van der Waals surface area contributed by atoms with Gasteiger partial charge in [-0.2, -0.15) is 0 Å². The van der Waals surface area contributed by atoms with Gasteiger partial charge in [0, 0.05) is 31.7 Å². The van der Waals surface area contributed by atoms with Crippen LogP contribution in [0.1, 0.15) is 27.2 Å². The molecular weight excluding hydrogens is 220 g/mol. The van der Waals surface area contributed by atoms with E-state index in [-0.39, 0.29) is 18.2 Å². The van der Waals surface area contributed by atoms with Gasteiger partial charge in [0.1, 0.15) is 5.60 Å². The lowest BCUT2D eigenvalue weighted by molar-refractivity contribution is -0.0202. The van der Waals surface area contributed by atoms with Crippen molar-refractivity contribution in [3.8, 4) is 0 Å². The molecule has 2 fully saturated rings. The smallest absolute Gasteiger partial charge is 0.407 e. The molecule has 98 valence electrons. The Kier molecular flexibility index (Phi) is 3.58. The third kappa shape index (κ3) is 3.33. The minimum absolute atomic E-state index is 0.165. The fraction of sp³-hybridized carbons (Fsp3) is 0.917. The van der Waals surface area contributed by atoms with E-state index in [0.717, 1.165) is 19.5 Å². The summed E-state index contributed by atoms with van der Waals surface area (Å²) in [6.45, 7) is 8.12. The van der Waals surface area contributed by atoms with Crippen molar-refractivity contribution in [2.75, 3.05) is 19.7 Å². The molecule has 0 aromatic carbocycles. The van der Waals surface area contributed by atoms with Crippen molar-refractivity contribution in [3.63, 3.8) is 0 Å². The van der Waals surface area contributed by atoms with E-state index >= 15 is 0 Å².